The number of rotatable bonds is 61. The van der Waals surface area contributed by atoms with Gasteiger partial charge in [0.1, 0.15) is 0 Å². The summed E-state index contributed by atoms with van der Waals surface area (Å²) in [6, 6.07) is -0.535. The lowest BCUT2D eigenvalue weighted by Gasteiger charge is -2.22. The molecule has 2 atom stereocenters. The number of aliphatic hydroxyl groups is 2. The van der Waals surface area contributed by atoms with Crippen molar-refractivity contribution in [3.05, 3.63) is 0 Å². The van der Waals surface area contributed by atoms with Gasteiger partial charge in [0.2, 0.25) is 5.91 Å². The molecule has 1 amide bonds. The van der Waals surface area contributed by atoms with Gasteiger partial charge in [-0.2, -0.15) is 0 Å². The van der Waals surface area contributed by atoms with Crippen LogP contribution in [0.2, 0.25) is 0 Å². The Bertz CT molecular complexity index is 1010. The van der Waals surface area contributed by atoms with Gasteiger partial charge in [-0.1, -0.05) is 335 Å². The summed E-state index contributed by atoms with van der Waals surface area (Å²) in [5, 5.41) is 23.2. The average molecular weight is 991 g/mol. The predicted molar refractivity (Wildman–Crippen MR) is 306 cm³/mol. The lowest BCUT2D eigenvalue weighted by molar-refractivity contribution is -0.143. The summed E-state index contributed by atoms with van der Waals surface area (Å²) >= 11 is 0. The molecule has 6 heteroatoms. The number of amides is 1. The van der Waals surface area contributed by atoms with Crippen LogP contribution in [0.5, 0.6) is 0 Å². The predicted octanol–water partition coefficient (Wildman–Crippen LogP) is 20.3. The van der Waals surface area contributed by atoms with Gasteiger partial charge in [-0.3, -0.25) is 9.59 Å². The molecule has 3 N–H and O–H groups in total. The van der Waals surface area contributed by atoms with Gasteiger partial charge in [-0.25, -0.2) is 0 Å². The zero-order chi connectivity index (χ0) is 50.7. The van der Waals surface area contributed by atoms with E-state index in [-0.39, 0.29) is 18.5 Å². The van der Waals surface area contributed by atoms with E-state index < -0.39 is 12.1 Å². The fraction of sp³-hybridized carbons (Fsp3) is 0.969. The van der Waals surface area contributed by atoms with Crippen LogP contribution in [0.3, 0.4) is 0 Å². The van der Waals surface area contributed by atoms with E-state index in [1.807, 2.05) is 0 Å². The van der Waals surface area contributed by atoms with Crippen LogP contribution in [0.25, 0.3) is 0 Å². The molecule has 0 rings (SSSR count). The van der Waals surface area contributed by atoms with E-state index in [2.05, 4.69) is 19.2 Å². The van der Waals surface area contributed by atoms with Crippen LogP contribution in [0.1, 0.15) is 373 Å². The summed E-state index contributed by atoms with van der Waals surface area (Å²) in [7, 11) is 0. The van der Waals surface area contributed by atoms with E-state index in [0.29, 0.717) is 25.9 Å². The van der Waals surface area contributed by atoms with Gasteiger partial charge in [-0.15, -0.1) is 0 Å². The third-order valence-corrected chi connectivity index (χ3v) is 15.4. The minimum absolute atomic E-state index is 0.0225. The Balaban J connectivity index is 3.29. The Morgan fingerprint density at radius 1 is 0.343 bits per heavy atom. The summed E-state index contributed by atoms with van der Waals surface area (Å²) in [5.41, 5.74) is 0. The van der Waals surface area contributed by atoms with Gasteiger partial charge >= 0.3 is 5.97 Å². The zero-order valence-corrected chi connectivity index (χ0v) is 47.8. The van der Waals surface area contributed by atoms with E-state index in [9.17, 15) is 19.8 Å². The van der Waals surface area contributed by atoms with Crippen molar-refractivity contribution in [3.8, 4) is 0 Å². The van der Waals surface area contributed by atoms with E-state index >= 15 is 0 Å². The van der Waals surface area contributed by atoms with E-state index in [1.165, 1.54) is 302 Å². The van der Waals surface area contributed by atoms with Crippen molar-refractivity contribution < 1.29 is 24.5 Å². The van der Waals surface area contributed by atoms with E-state index in [1.54, 1.807) is 0 Å². The highest BCUT2D eigenvalue weighted by Crippen LogP contribution is 2.19. The summed E-state index contributed by atoms with van der Waals surface area (Å²) in [5.74, 6) is -0.00835. The maximum absolute atomic E-state index is 12.4. The average Bonchev–Trinajstić information content (AvgIpc) is 3.36. The van der Waals surface area contributed by atoms with Crippen molar-refractivity contribution in [1.29, 1.82) is 0 Å². The highest BCUT2D eigenvalue weighted by Gasteiger charge is 2.20. The topological polar surface area (TPSA) is 95.9 Å². The summed E-state index contributed by atoms with van der Waals surface area (Å²) < 4.78 is 5.49. The number of nitrogens with one attached hydrogen (secondary N) is 1. The molecule has 70 heavy (non-hydrogen) atoms. The molecule has 0 heterocycles. The molecule has 6 nitrogen and oxygen atoms in total. The SMILES string of the molecule is CCCCCCCCCCCCCCCCC(=O)OCCCCCCCCCCCCCCCCCCCCCCCCCCCCCCCC(=O)NC(CO)C(O)CCCCCCCCCCCC. The number of hydrogen-bond acceptors (Lipinski definition) is 5. The molecule has 418 valence electrons. The third-order valence-electron chi connectivity index (χ3n) is 15.4. The lowest BCUT2D eigenvalue weighted by Crippen LogP contribution is -2.45. The first-order valence-corrected chi connectivity index (χ1v) is 32.3. The standard InChI is InChI=1S/C64H127NO5/c1-3-5-7-9-11-13-15-16-35-38-42-46-50-54-58-64(69)70-59-55-51-47-43-39-36-33-31-29-27-25-23-21-19-17-18-20-22-24-26-28-30-32-34-37-41-45-49-53-57-63(68)65-61(60-66)62(67)56-52-48-44-40-14-12-10-8-6-4-2/h61-62,66-67H,3-60H2,1-2H3,(H,65,68). The smallest absolute Gasteiger partial charge is 0.305 e. The minimum Gasteiger partial charge on any atom is -0.466 e. The Morgan fingerprint density at radius 2 is 0.586 bits per heavy atom. The molecule has 0 bridgehead atoms. The number of carbonyl (C=O) groups is 2. The number of hydrogen-bond donors (Lipinski definition) is 3. The van der Waals surface area contributed by atoms with Crippen LogP contribution < -0.4 is 5.32 Å². The Kier molecular flexibility index (Phi) is 59.4. The van der Waals surface area contributed by atoms with Gasteiger partial charge in [0.15, 0.2) is 0 Å². The molecule has 0 radical (unpaired) electrons. The van der Waals surface area contributed by atoms with Gasteiger partial charge in [0, 0.05) is 12.8 Å². The van der Waals surface area contributed by atoms with Crippen LogP contribution in [-0.2, 0) is 14.3 Å². The third kappa shape index (κ3) is 56.2. The molecule has 0 aromatic rings. The normalized spacial score (nSPS) is 12.5. The number of ether oxygens (including phenoxy) is 1. The molecule has 0 fully saturated rings. The molecule has 0 aliphatic heterocycles. The monoisotopic (exact) mass is 990 g/mol. The largest absolute Gasteiger partial charge is 0.466 e. The molecule has 0 spiro atoms. The molecule has 0 aliphatic rings. The molecule has 0 aromatic carbocycles. The summed E-state index contributed by atoms with van der Waals surface area (Å²) in [6.07, 6.45) is 71.4. The number of carbonyl (C=O) groups excluding carboxylic acids is 2. The molecular weight excluding hydrogens is 863 g/mol. The van der Waals surface area contributed by atoms with Gasteiger partial charge in [0.05, 0.1) is 25.4 Å². The Labute approximate surface area is 438 Å². The van der Waals surface area contributed by atoms with Crippen LogP contribution in [0.4, 0.5) is 0 Å². The second-order valence-electron chi connectivity index (χ2n) is 22.5. The molecular formula is C64H127NO5. The molecule has 0 saturated heterocycles. The molecule has 0 aromatic heterocycles. The first kappa shape index (κ1) is 68.9. The zero-order valence-electron chi connectivity index (χ0n) is 47.8. The van der Waals surface area contributed by atoms with Crippen LogP contribution >= 0.6 is 0 Å². The van der Waals surface area contributed by atoms with E-state index in [0.717, 1.165) is 38.5 Å². The molecule has 0 aliphatic carbocycles. The first-order chi connectivity index (χ1) is 34.5. The van der Waals surface area contributed by atoms with E-state index in [4.69, 9.17) is 4.74 Å². The highest BCUT2D eigenvalue weighted by atomic mass is 16.5. The second-order valence-corrected chi connectivity index (χ2v) is 22.5. The van der Waals surface area contributed by atoms with Crippen molar-refractivity contribution in [2.24, 2.45) is 0 Å². The van der Waals surface area contributed by atoms with Gasteiger partial charge < -0.3 is 20.3 Å². The van der Waals surface area contributed by atoms with Crippen molar-refractivity contribution in [3.63, 3.8) is 0 Å². The van der Waals surface area contributed by atoms with Gasteiger partial charge in [-0.05, 0) is 25.7 Å². The molecule has 2 unspecified atom stereocenters. The number of esters is 1. The maximum Gasteiger partial charge on any atom is 0.305 e. The minimum atomic E-state index is -0.658. The summed E-state index contributed by atoms with van der Waals surface area (Å²) in [6.45, 7) is 4.97. The van der Waals surface area contributed by atoms with Crippen molar-refractivity contribution >= 4 is 11.9 Å². The molecule has 0 saturated carbocycles. The highest BCUT2D eigenvalue weighted by molar-refractivity contribution is 5.76. The quantitative estimate of drug-likeness (QED) is 0.0417. The fourth-order valence-corrected chi connectivity index (χ4v) is 10.5. The Morgan fingerprint density at radius 3 is 0.871 bits per heavy atom. The number of aliphatic hydroxyl groups excluding tert-OH is 2. The van der Waals surface area contributed by atoms with Crippen LogP contribution in [0, 0.1) is 0 Å². The van der Waals surface area contributed by atoms with Crippen molar-refractivity contribution in [1.82, 2.24) is 5.32 Å². The Hall–Kier alpha value is -1.14. The maximum atomic E-state index is 12.4. The second kappa shape index (κ2) is 60.4. The fourth-order valence-electron chi connectivity index (χ4n) is 10.5. The van der Waals surface area contributed by atoms with Gasteiger partial charge in [0.25, 0.3) is 0 Å². The summed E-state index contributed by atoms with van der Waals surface area (Å²) in [4.78, 5) is 24.5. The van der Waals surface area contributed by atoms with Crippen molar-refractivity contribution in [2.45, 2.75) is 386 Å². The lowest BCUT2D eigenvalue weighted by atomic mass is 10.0. The van der Waals surface area contributed by atoms with Crippen LogP contribution in [-0.4, -0.2) is 47.4 Å². The number of unbranched alkanes of at least 4 members (excludes halogenated alkanes) is 50. The van der Waals surface area contributed by atoms with Crippen LogP contribution in [0.15, 0.2) is 0 Å². The van der Waals surface area contributed by atoms with Crippen molar-refractivity contribution in [2.75, 3.05) is 13.2 Å². The first-order valence-electron chi connectivity index (χ1n) is 32.3.